The van der Waals surface area contributed by atoms with Gasteiger partial charge in [0.15, 0.2) is 0 Å². The molecule has 2 aromatic carbocycles. The minimum Gasteiger partial charge on any atom is -0.457 e. The Morgan fingerprint density at radius 2 is 1.85 bits per heavy atom. The van der Waals surface area contributed by atoms with Crippen LogP contribution in [0.1, 0.15) is 45.1 Å². The molecule has 1 heterocycles. The smallest absolute Gasteiger partial charge is 0.246 e. The topological polar surface area (TPSA) is 107 Å². The molecule has 1 saturated heterocycles. The van der Waals surface area contributed by atoms with E-state index in [1.807, 2.05) is 72.5 Å². The number of likely N-dealkylation sites (tertiary alicyclic amines) is 1. The van der Waals surface area contributed by atoms with Gasteiger partial charge in [-0.1, -0.05) is 24.3 Å². The number of hydrogen-bond donors (Lipinski definition) is 3. The summed E-state index contributed by atoms with van der Waals surface area (Å²) in [5, 5.41) is 12.5. The number of amidine groups is 1. The number of aliphatic imine (C=N–C) groups is 1. The van der Waals surface area contributed by atoms with Crippen molar-refractivity contribution in [1.82, 2.24) is 15.1 Å². The van der Waals surface area contributed by atoms with Crippen LogP contribution in [0, 0.1) is 5.41 Å². The zero-order valence-corrected chi connectivity index (χ0v) is 23.9. The predicted molar refractivity (Wildman–Crippen MR) is 162 cm³/mol. The Bertz CT molecular complexity index is 1240. The number of benzene rings is 2. The summed E-state index contributed by atoms with van der Waals surface area (Å²) in [5.74, 6) is 2.09. The van der Waals surface area contributed by atoms with Gasteiger partial charge < -0.3 is 20.7 Å². The maximum atomic E-state index is 12.9. The van der Waals surface area contributed by atoms with Crippen molar-refractivity contribution in [3.63, 3.8) is 0 Å². The van der Waals surface area contributed by atoms with Gasteiger partial charge in [-0.3, -0.25) is 20.1 Å². The number of para-hydroxylation sites is 1. The first-order valence-corrected chi connectivity index (χ1v) is 14.2. The Balaban J connectivity index is 1.41. The number of nitrogens with two attached hydrogens (primary N) is 1. The number of carbonyl (C=O) groups is 1. The predicted octanol–water partition coefficient (Wildman–Crippen LogP) is 4.73. The SMILES string of the molecule is CCN=C(NC1CCCN(C(=O)/C=C/CN(C)C2CC2)C1)/C(C(=N)c1ccc(Oc2ccccc2)cc1)=C(\C)N. The molecule has 1 unspecified atom stereocenters. The van der Waals surface area contributed by atoms with Crippen LogP contribution in [-0.2, 0) is 4.79 Å². The first kappa shape index (κ1) is 29.1. The molecule has 1 aliphatic carbocycles. The van der Waals surface area contributed by atoms with E-state index in [1.54, 1.807) is 13.0 Å². The van der Waals surface area contributed by atoms with Crippen LogP contribution >= 0.6 is 0 Å². The van der Waals surface area contributed by atoms with E-state index in [-0.39, 0.29) is 17.7 Å². The highest BCUT2D eigenvalue weighted by Crippen LogP contribution is 2.25. The number of piperidine rings is 1. The summed E-state index contributed by atoms with van der Waals surface area (Å²) >= 11 is 0. The number of nitrogens with zero attached hydrogens (tertiary/aromatic N) is 3. The van der Waals surface area contributed by atoms with E-state index < -0.39 is 0 Å². The number of allylic oxidation sites excluding steroid dienone is 1. The highest BCUT2D eigenvalue weighted by molar-refractivity contribution is 6.28. The third kappa shape index (κ3) is 8.05. The number of hydrogen-bond acceptors (Lipinski definition) is 6. The lowest BCUT2D eigenvalue weighted by molar-refractivity contribution is -0.127. The average Bonchev–Trinajstić information content (AvgIpc) is 3.80. The largest absolute Gasteiger partial charge is 0.457 e. The number of amides is 1. The Hall–Kier alpha value is -3.91. The van der Waals surface area contributed by atoms with Gasteiger partial charge >= 0.3 is 0 Å². The van der Waals surface area contributed by atoms with Crippen molar-refractivity contribution in [2.75, 3.05) is 33.2 Å². The van der Waals surface area contributed by atoms with Crippen LogP contribution in [0.5, 0.6) is 11.5 Å². The summed E-state index contributed by atoms with van der Waals surface area (Å²) in [5.41, 5.74) is 8.43. The molecule has 8 heteroatoms. The molecule has 1 amide bonds. The molecule has 0 bridgehead atoms. The fraction of sp³-hybridized carbons (Fsp3) is 0.406. The highest BCUT2D eigenvalue weighted by atomic mass is 16.5. The molecular weight excluding hydrogens is 500 g/mol. The molecule has 212 valence electrons. The molecular formula is C32H42N6O2. The van der Waals surface area contributed by atoms with E-state index in [1.165, 1.54) is 12.8 Å². The van der Waals surface area contributed by atoms with Gasteiger partial charge in [0, 0.05) is 55.6 Å². The first-order chi connectivity index (χ1) is 19.4. The Labute approximate surface area is 238 Å². The summed E-state index contributed by atoms with van der Waals surface area (Å²) in [6.07, 6.45) is 8.00. The zero-order chi connectivity index (χ0) is 28.5. The maximum Gasteiger partial charge on any atom is 0.246 e. The molecule has 2 aliphatic rings. The summed E-state index contributed by atoms with van der Waals surface area (Å²) in [6.45, 7) is 6.42. The van der Waals surface area contributed by atoms with Gasteiger partial charge in [-0.15, -0.1) is 0 Å². The molecule has 1 saturated carbocycles. The van der Waals surface area contributed by atoms with Crippen molar-refractivity contribution in [1.29, 1.82) is 5.41 Å². The molecule has 40 heavy (non-hydrogen) atoms. The summed E-state index contributed by atoms with van der Waals surface area (Å²) in [7, 11) is 2.11. The minimum absolute atomic E-state index is 0.0225. The second kappa shape index (κ2) is 13.9. The third-order valence-corrected chi connectivity index (χ3v) is 7.22. The highest BCUT2D eigenvalue weighted by Gasteiger charge is 2.27. The molecule has 4 rings (SSSR count). The Kier molecular flexibility index (Phi) is 10.1. The van der Waals surface area contributed by atoms with E-state index in [0.29, 0.717) is 47.6 Å². The minimum atomic E-state index is 0.0225. The van der Waals surface area contributed by atoms with E-state index in [2.05, 4.69) is 17.3 Å². The Morgan fingerprint density at radius 3 is 2.50 bits per heavy atom. The standard InChI is InChI=1S/C32H42N6O2/c1-4-35-32(36-25-10-8-21-38(22-25)29(39)13-9-20-37(3)26-16-17-26)30(23(2)33)31(34)24-14-18-28(19-15-24)40-27-11-6-5-7-12-27/h5-7,9,11-15,18-19,25-26,34H,4,8,10,16-17,20-22,33H2,1-3H3,(H,35,36)/b13-9+,30-23+,34-31?. The number of ether oxygens (including phenoxy) is 1. The molecule has 0 aromatic heterocycles. The van der Waals surface area contributed by atoms with E-state index in [0.717, 1.165) is 31.7 Å². The van der Waals surface area contributed by atoms with Crippen LogP contribution in [0.4, 0.5) is 0 Å². The lowest BCUT2D eigenvalue weighted by Crippen LogP contribution is -2.50. The molecule has 0 radical (unpaired) electrons. The quantitative estimate of drug-likeness (QED) is 0.216. The Morgan fingerprint density at radius 1 is 1.15 bits per heavy atom. The van der Waals surface area contributed by atoms with E-state index >= 15 is 0 Å². The number of rotatable bonds is 11. The van der Waals surface area contributed by atoms with Crippen molar-refractivity contribution in [3.05, 3.63) is 83.6 Å². The van der Waals surface area contributed by atoms with E-state index in [4.69, 9.17) is 20.9 Å². The first-order valence-electron chi connectivity index (χ1n) is 14.2. The lowest BCUT2D eigenvalue weighted by Gasteiger charge is -2.34. The molecule has 1 atom stereocenters. The van der Waals surface area contributed by atoms with Crippen LogP contribution in [0.3, 0.4) is 0 Å². The van der Waals surface area contributed by atoms with Crippen molar-refractivity contribution in [3.8, 4) is 11.5 Å². The second-order valence-electron chi connectivity index (χ2n) is 10.5. The van der Waals surface area contributed by atoms with Gasteiger partial charge in [-0.2, -0.15) is 0 Å². The average molecular weight is 543 g/mol. The normalized spacial score (nSPS) is 18.6. The zero-order valence-electron chi connectivity index (χ0n) is 23.9. The van der Waals surface area contributed by atoms with Gasteiger partial charge in [0.2, 0.25) is 5.91 Å². The molecule has 4 N–H and O–H groups in total. The van der Waals surface area contributed by atoms with Crippen molar-refractivity contribution < 1.29 is 9.53 Å². The third-order valence-electron chi connectivity index (χ3n) is 7.22. The number of carbonyl (C=O) groups excluding carboxylic acids is 1. The maximum absolute atomic E-state index is 12.9. The van der Waals surface area contributed by atoms with Crippen LogP contribution in [0.15, 0.2) is 83.0 Å². The van der Waals surface area contributed by atoms with Gasteiger partial charge in [-0.25, -0.2) is 0 Å². The fourth-order valence-electron chi connectivity index (χ4n) is 4.89. The molecule has 2 fully saturated rings. The molecule has 1 aliphatic heterocycles. The van der Waals surface area contributed by atoms with Gasteiger partial charge in [-0.05, 0) is 83.0 Å². The van der Waals surface area contributed by atoms with Crippen LogP contribution < -0.4 is 15.8 Å². The monoisotopic (exact) mass is 542 g/mol. The number of likely N-dealkylation sites (N-methyl/N-ethyl adjacent to an activating group) is 1. The molecule has 2 aromatic rings. The van der Waals surface area contributed by atoms with Crippen molar-refractivity contribution in [2.45, 2.75) is 51.6 Å². The number of nitrogens with one attached hydrogen (secondary N) is 2. The second-order valence-corrected chi connectivity index (χ2v) is 10.5. The summed E-state index contributed by atoms with van der Waals surface area (Å²) in [4.78, 5) is 21.8. The van der Waals surface area contributed by atoms with Crippen molar-refractivity contribution in [2.24, 2.45) is 10.7 Å². The van der Waals surface area contributed by atoms with Crippen LogP contribution in [0.2, 0.25) is 0 Å². The van der Waals surface area contributed by atoms with Crippen molar-refractivity contribution >= 4 is 17.5 Å². The van der Waals surface area contributed by atoms with Gasteiger partial charge in [0.1, 0.15) is 17.3 Å². The van der Waals surface area contributed by atoms with E-state index in [9.17, 15) is 4.79 Å². The fourth-order valence-corrected chi connectivity index (χ4v) is 4.89. The summed E-state index contributed by atoms with van der Waals surface area (Å²) in [6, 6.07) is 17.7. The summed E-state index contributed by atoms with van der Waals surface area (Å²) < 4.78 is 5.90. The molecule has 0 spiro atoms. The lowest BCUT2D eigenvalue weighted by atomic mass is 9.98. The van der Waals surface area contributed by atoms with Gasteiger partial charge in [0.25, 0.3) is 0 Å². The van der Waals surface area contributed by atoms with Crippen LogP contribution in [0.25, 0.3) is 0 Å². The van der Waals surface area contributed by atoms with Crippen LogP contribution in [-0.4, -0.2) is 72.6 Å². The molecule has 8 nitrogen and oxygen atoms in total. The van der Waals surface area contributed by atoms with Gasteiger partial charge in [0.05, 0.1) is 11.3 Å².